The van der Waals surface area contributed by atoms with E-state index in [-0.39, 0.29) is 6.04 Å². The van der Waals surface area contributed by atoms with Crippen molar-refractivity contribution in [1.29, 1.82) is 0 Å². The smallest absolute Gasteiger partial charge is 0.145 e. The van der Waals surface area contributed by atoms with Gasteiger partial charge in [-0.1, -0.05) is 23.2 Å². The minimum Gasteiger partial charge on any atom is -0.330 e. The van der Waals surface area contributed by atoms with E-state index in [4.69, 9.17) is 34.7 Å². The molecule has 3 aromatic rings. The summed E-state index contributed by atoms with van der Waals surface area (Å²) in [5, 5.41) is 1.10. The lowest BCUT2D eigenvalue weighted by molar-refractivity contribution is 0.621. The average molecular weight is 363 g/mol. The number of rotatable bonds is 5. The van der Waals surface area contributed by atoms with Crippen LogP contribution in [0, 0.1) is 0 Å². The summed E-state index contributed by atoms with van der Waals surface area (Å²) in [5.41, 5.74) is 13.9. The summed E-state index contributed by atoms with van der Waals surface area (Å²) in [5.74, 6) is 0.549. The third-order valence-corrected chi connectivity index (χ3v) is 4.09. The number of benzene rings is 1. The van der Waals surface area contributed by atoms with Gasteiger partial charge in [0.25, 0.3) is 0 Å². The molecule has 0 aliphatic rings. The van der Waals surface area contributed by atoms with Crippen LogP contribution in [-0.2, 0) is 0 Å². The molecule has 2 heterocycles. The van der Waals surface area contributed by atoms with Gasteiger partial charge < -0.3 is 11.5 Å². The summed E-state index contributed by atoms with van der Waals surface area (Å²) in [6.07, 6.45) is 5.68. The Morgan fingerprint density at radius 2 is 2.04 bits per heavy atom. The molecular weight excluding hydrogens is 347 g/mol. The van der Waals surface area contributed by atoms with Gasteiger partial charge in [0.05, 0.1) is 40.7 Å². The third kappa shape index (κ3) is 3.42. The van der Waals surface area contributed by atoms with Gasteiger partial charge in [0.1, 0.15) is 5.82 Å². The summed E-state index contributed by atoms with van der Waals surface area (Å²) < 4.78 is 1.85. The predicted octanol–water partition coefficient (Wildman–Crippen LogP) is 2.98. The van der Waals surface area contributed by atoms with Gasteiger partial charge in [-0.2, -0.15) is 0 Å². The highest BCUT2D eigenvalue weighted by molar-refractivity contribution is 6.35. The number of halogens is 2. The molecule has 0 aliphatic carbocycles. The van der Waals surface area contributed by atoms with Gasteiger partial charge in [-0.15, -0.1) is 0 Å². The van der Waals surface area contributed by atoms with E-state index in [0.29, 0.717) is 34.5 Å². The van der Waals surface area contributed by atoms with Crippen molar-refractivity contribution in [1.82, 2.24) is 19.5 Å². The van der Waals surface area contributed by atoms with Crippen molar-refractivity contribution in [3.8, 4) is 17.1 Å². The lowest BCUT2D eigenvalue weighted by atomic mass is 10.2. The molecule has 0 amide bonds. The Bertz CT molecular complexity index is 848. The number of aromatic nitrogens is 4. The normalized spacial score (nSPS) is 12.3. The molecule has 6 nitrogen and oxygen atoms in total. The van der Waals surface area contributed by atoms with E-state index in [1.165, 1.54) is 0 Å². The first-order valence-corrected chi connectivity index (χ1v) is 8.12. The Morgan fingerprint density at radius 1 is 1.21 bits per heavy atom. The molecule has 0 fully saturated rings. The number of nitrogens with zero attached hydrogens (tertiary/aromatic N) is 4. The van der Waals surface area contributed by atoms with Gasteiger partial charge in [-0.25, -0.2) is 15.0 Å². The SMILES string of the molecule is NCCC(N)c1nccc(-c2cncn2-c2ccc(Cl)cc2Cl)n1. The zero-order valence-electron chi connectivity index (χ0n) is 12.7. The van der Waals surface area contributed by atoms with Crippen LogP contribution in [0.1, 0.15) is 18.3 Å². The third-order valence-electron chi connectivity index (χ3n) is 3.55. The maximum absolute atomic E-state index is 6.30. The summed E-state index contributed by atoms with van der Waals surface area (Å²) in [4.78, 5) is 13.0. The van der Waals surface area contributed by atoms with Crippen LogP contribution in [0.25, 0.3) is 17.1 Å². The largest absolute Gasteiger partial charge is 0.330 e. The maximum atomic E-state index is 6.30. The molecule has 24 heavy (non-hydrogen) atoms. The monoisotopic (exact) mass is 362 g/mol. The molecule has 1 aromatic carbocycles. The highest BCUT2D eigenvalue weighted by Gasteiger charge is 2.14. The van der Waals surface area contributed by atoms with Crippen molar-refractivity contribution in [2.75, 3.05) is 6.54 Å². The van der Waals surface area contributed by atoms with Crippen molar-refractivity contribution in [2.24, 2.45) is 11.5 Å². The second-order valence-corrected chi connectivity index (χ2v) is 6.07. The number of nitrogens with two attached hydrogens (primary N) is 2. The Labute approximate surface area is 149 Å². The molecule has 0 aliphatic heterocycles. The summed E-state index contributed by atoms with van der Waals surface area (Å²) in [7, 11) is 0. The van der Waals surface area contributed by atoms with Crippen LogP contribution in [0.5, 0.6) is 0 Å². The topological polar surface area (TPSA) is 95.6 Å². The van der Waals surface area contributed by atoms with Crippen LogP contribution in [0.15, 0.2) is 43.0 Å². The summed E-state index contributed by atoms with van der Waals surface area (Å²) in [6.45, 7) is 0.479. The Balaban J connectivity index is 2.03. The van der Waals surface area contributed by atoms with Crippen LogP contribution in [-0.4, -0.2) is 26.1 Å². The predicted molar refractivity (Wildman–Crippen MR) is 95.2 cm³/mol. The van der Waals surface area contributed by atoms with Crippen LogP contribution in [0.3, 0.4) is 0 Å². The molecule has 0 saturated carbocycles. The quantitative estimate of drug-likeness (QED) is 0.727. The minimum atomic E-state index is -0.301. The van der Waals surface area contributed by atoms with Crippen molar-refractivity contribution in [3.05, 3.63) is 58.9 Å². The summed E-state index contributed by atoms with van der Waals surface area (Å²) >= 11 is 12.3. The first-order chi connectivity index (χ1) is 11.6. The molecule has 0 radical (unpaired) electrons. The van der Waals surface area contributed by atoms with Crippen LogP contribution < -0.4 is 11.5 Å². The lowest BCUT2D eigenvalue weighted by Gasteiger charge is -2.12. The van der Waals surface area contributed by atoms with Crippen molar-refractivity contribution < 1.29 is 0 Å². The molecule has 4 N–H and O–H groups in total. The van der Waals surface area contributed by atoms with Crippen molar-refractivity contribution >= 4 is 23.2 Å². The highest BCUT2D eigenvalue weighted by Crippen LogP contribution is 2.28. The highest BCUT2D eigenvalue weighted by atomic mass is 35.5. The fourth-order valence-corrected chi connectivity index (χ4v) is 2.86. The Morgan fingerprint density at radius 3 is 2.79 bits per heavy atom. The number of hydrogen-bond acceptors (Lipinski definition) is 5. The minimum absolute atomic E-state index is 0.301. The molecule has 8 heteroatoms. The van der Waals surface area contributed by atoms with Gasteiger partial charge in [0.15, 0.2) is 0 Å². The number of imidazole rings is 1. The first-order valence-electron chi connectivity index (χ1n) is 7.37. The second kappa shape index (κ2) is 7.27. The van der Waals surface area contributed by atoms with Crippen LogP contribution >= 0.6 is 23.2 Å². The molecule has 124 valence electrons. The van der Waals surface area contributed by atoms with E-state index < -0.39 is 0 Å². The average Bonchev–Trinajstić information content (AvgIpc) is 3.04. The van der Waals surface area contributed by atoms with Crippen molar-refractivity contribution in [3.63, 3.8) is 0 Å². The molecule has 1 atom stereocenters. The molecule has 0 bridgehead atoms. The van der Waals surface area contributed by atoms with E-state index in [1.807, 2.05) is 10.6 Å². The lowest BCUT2D eigenvalue weighted by Crippen LogP contribution is -2.18. The zero-order chi connectivity index (χ0) is 17.1. The van der Waals surface area contributed by atoms with E-state index in [2.05, 4.69) is 15.0 Å². The molecule has 0 saturated heterocycles. The molecule has 3 rings (SSSR count). The first kappa shape index (κ1) is 16.9. The van der Waals surface area contributed by atoms with Gasteiger partial charge in [-0.3, -0.25) is 4.57 Å². The molecule has 2 aromatic heterocycles. The zero-order valence-corrected chi connectivity index (χ0v) is 14.2. The second-order valence-electron chi connectivity index (χ2n) is 5.23. The van der Waals surface area contributed by atoms with Gasteiger partial charge in [0, 0.05) is 11.2 Å². The van der Waals surface area contributed by atoms with Gasteiger partial charge in [-0.05, 0) is 37.2 Å². The molecular formula is C16H16Cl2N6. The Kier molecular flexibility index (Phi) is 5.11. The van der Waals surface area contributed by atoms with Crippen molar-refractivity contribution in [2.45, 2.75) is 12.5 Å². The van der Waals surface area contributed by atoms with Gasteiger partial charge >= 0.3 is 0 Å². The number of hydrogen-bond donors (Lipinski definition) is 2. The van der Waals surface area contributed by atoms with Crippen LogP contribution in [0.4, 0.5) is 0 Å². The van der Waals surface area contributed by atoms with E-state index in [9.17, 15) is 0 Å². The van der Waals surface area contributed by atoms with Crippen LogP contribution in [0.2, 0.25) is 10.0 Å². The summed E-state index contributed by atoms with van der Waals surface area (Å²) in [6, 6.07) is 6.79. The van der Waals surface area contributed by atoms with Gasteiger partial charge in [0.2, 0.25) is 0 Å². The standard InChI is InChI=1S/C16H16Cl2N6/c17-10-1-2-14(11(18)7-10)24-9-21-8-15(24)13-4-6-22-16(23-13)12(20)3-5-19/h1-2,4,6-9,12H,3,5,19-20H2. The van der Waals surface area contributed by atoms with E-state index in [0.717, 1.165) is 11.4 Å². The Hall–Kier alpha value is -1.99. The molecule has 1 unspecified atom stereocenters. The van der Waals surface area contributed by atoms with E-state index in [1.54, 1.807) is 36.9 Å². The molecule has 0 spiro atoms. The fraction of sp³-hybridized carbons (Fsp3) is 0.188. The van der Waals surface area contributed by atoms with E-state index >= 15 is 0 Å². The fourth-order valence-electron chi connectivity index (χ4n) is 2.36. The maximum Gasteiger partial charge on any atom is 0.145 e.